The molecule has 0 spiro atoms. The lowest BCUT2D eigenvalue weighted by molar-refractivity contribution is -0.137. The van der Waals surface area contributed by atoms with E-state index in [0.29, 0.717) is 64.0 Å². The number of carbonyl (C=O) groups excluding carboxylic acids is 1. The fourth-order valence-corrected chi connectivity index (χ4v) is 5.53. The Labute approximate surface area is 239 Å². The highest BCUT2D eigenvalue weighted by Crippen LogP contribution is 2.39. The summed E-state index contributed by atoms with van der Waals surface area (Å²) in [4.78, 5) is 26.3. The maximum Gasteiger partial charge on any atom is 0.303 e. The van der Waals surface area contributed by atoms with Crippen LogP contribution >= 0.6 is 11.6 Å². The van der Waals surface area contributed by atoms with Crippen LogP contribution in [0.2, 0.25) is 5.02 Å². The Kier molecular flexibility index (Phi) is 8.82. The van der Waals surface area contributed by atoms with E-state index in [0.717, 1.165) is 5.56 Å². The first-order chi connectivity index (χ1) is 18.9. The van der Waals surface area contributed by atoms with Gasteiger partial charge in [-0.1, -0.05) is 35.9 Å². The van der Waals surface area contributed by atoms with E-state index in [2.05, 4.69) is 10.6 Å². The highest BCUT2D eigenvalue weighted by Gasteiger charge is 2.29. The van der Waals surface area contributed by atoms with Gasteiger partial charge in [-0.3, -0.25) is 13.9 Å². The quantitative estimate of drug-likeness (QED) is 0.282. The van der Waals surface area contributed by atoms with Crippen LogP contribution in [0.15, 0.2) is 66.7 Å². The molecule has 0 unspecified atom stereocenters. The van der Waals surface area contributed by atoms with Crippen molar-refractivity contribution < 1.29 is 23.1 Å². The number of sulfonamides is 1. The summed E-state index contributed by atoms with van der Waals surface area (Å²) in [6.45, 7) is 0.858. The van der Waals surface area contributed by atoms with Gasteiger partial charge >= 0.3 is 5.97 Å². The minimum atomic E-state index is -3.49. The second-order valence-electron chi connectivity index (χ2n) is 9.80. The van der Waals surface area contributed by atoms with Crippen LogP contribution in [0, 0.1) is 0 Å². The largest absolute Gasteiger partial charge is 0.481 e. The molecule has 1 aliphatic rings. The van der Waals surface area contributed by atoms with Crippen molar-refractivity contribution in [3.63, 3.8) is 0 Å². The van der Waals surface area contributed by atoms with Crippen molar-refractivity contribution in [1.29, 1.82) is 0 Å². The standard InChI is InChI=1S/C29H31ClN4O5S/c1-33(2)15-16-34(40(3,38)39)23-11-9-22(10-12-23)31-28(20-6-4-5-19(17-20)7-14-26(35)36)27-24-13-8-21(30)18-25(24)32-29(27)37/h4-6,8-13,17-18,31H,7,14-16H2,1-3H3,(H,32,37)(H,35,36). The van der Waals surface area contributed by atoms with Gasteiger partial charge in [0.2, 0.25) is 10.0 Å². The molecule has 0 fully saturated rings. The first-order valence-electron chi connectivity index (χ1n) is 12.6. The number of nitrogens with one attached hydrogen (secondary N) is 2. The second kappa shape index (κ2) is 12.1. The molecule has 9 nitrogen and oxygen atoms in total. The van der Waals surface area contributed by atoms with Gasteiger partial charge in [-0.25, -0.2) is 8.42 Å². The van der Waals surface area contributed by atoms with Crippen molar-refractivity contribution in [3.8, 4) is 0 Å². The zero-order chi connectivity index (χ0) is 29.0. The Balaban J connectivity index is 1.76. The summed E-state index contributed by atoms with van der Waals surface area (Å²) in [6, 6.07) is 19.5. The lowest BCUT2D eigenvalue weighted by Crippen LogP contribution is -2.35. The lowest BCUT2D eigenvalue weighted by Gasteiger charge is -2.24. The average Bonchev–Trinajstić information content (AvgIpc) is 3.20. The molecule has 0 radical (unpaired) electrons. The summed E-state index contributed by atoms with van der Waals surface area (Å²) in [5.74, 6) is -1.20. The number of rotatable bonds is 11. The fourth-order valence-electron chi connectivity index (χ4n) is 4.44. The van der Waals surface area contributed by atoms with Gasteiger partial charge in [0.05, 0.1) is 28.9 Å². The van der Waals surface area contributed by atoms with Gasteiger partial charge in [0.1, 0.15) is 0 Å². The van der Waals surface area contributed by atoms with Gasteiger partial charge in [0.15, 0.2) is 0 Å². The first kappa shape index (κ1) is 29.1. The molecule has 0 aromatic heterocycles. The van der Waals surface area contributed by atoms with Crippen LogP contribution in [0.5, 0.6) is 0 Å². The second-order valence-corrected chi connectivity index (χ2v) is 12.1. The van der Waals surface area contributed by atoms with E-state index in [1.54, 1.807) is 42.5 Å². The minimum absolute atomic E-state index is 0.0171. The van der Waals surface area contributed by atoms with Crippen LogP contribution in [0.1, 0.15) is 23.1 Å². The third-order valence-electron chi connectivity index (χ3n) is 6.39. The summed E-state index contributed by atoms with van der Waals surface area (Å²) >= 11 is 6.16. The molecule has 210 valence electrons. The number of aryl methyl sites for hydroxylation is 1. The predicted octanol–water partition coefficient (Wildman–Crippen LogP) is 4.62. The molecule has 3 N–H and O–H groups in total. The zero-order valence-electron chi connectivity index (χ0n) is 22.4. The van der Waals surface area contributed by atoms with Crippen molar-refractivity contribution >= 4 is 61.8 Å². The van der Waals surface area contributed by atoms with Gasteiger partial charge in [-0.2, -0.15) is 0 Å². The van der Waals surface area contributed by atoms with Crippen LogP contribution in [0.4, 0.5) is 17.1 Å². The van der Waals surface area contributed by atoms with Crippen molar-refractivity contribution in [1.82, 2.24) is 4.90 Å². The summed E-state index contributed by atoms with van der Waals surface area (Å²) < 4.78 is 26.3. The highest BCUT2D eigenvalue weighted by atomic mass is 35.5. The first-order valence-corrected chi connectivity index (χ1v) is 14.8. The van der Waals surface area contributed by atoms with Crippen LogP contribution in [0.25, 0.3) is 11.3 Å². The number of carboxylic acid groups (broad SMARTS) is 1. The normalized spacial score (nSPS) is 14.1. The number of aliphatic carboxylic acids is 1. The predicted molar refractivity (Wildman–Crippen MR) is 160 cm³/mol. The highest BCUT2D eigenvalue weighted by molar-refractivity contribution is 7.92. The van der Waals surface area contributed by atoms with Gasteiger partial charge in [-0.15, -0.1) is 0 Å². The Bertz CT molecular complexity index is 1570. The van der Waals surface area contributed by atoms with Crippen molar-refractivity contribution in [2.24, 2.45) is 0 Å². The number of hydrogen-bond donors (Lipinski definition) is 3. The number of hydrogen-bond acceptors (Lipinski definition) is 6. The van der Waals surface area contributed by atoms with Crippen molar-refractivity contribution in [2.45, 2.75) is 12.8 Å². The molecule has 0 saturated heterocycles. The van der Waals surface area contributed by atoms with E-state index in [-0.39, 0.29) is 12.3 Å². The number of halogens is 1. The van der Waals surface area contributed by atoms with E-state index in [4.69, 9.17) is 16.7 Å². The molecular formula is C29H31ClN4O5S. The van der Waals surface area contributed by atoms with Crippen molar-refractivity contribution in [3.05, 3.63) is 88.4 Å². The molecule has 11 heteroatoms. The SMILES string of the molecule is CN(C)CCN(c1ccc(NC(=C2C(=O)Nc3cc(Cl)ccc32)c2cccc(CCC(=O)O)c2)cc1)S(C)(=O)=O. The molecular weight excluding hydrogens is 552 g/mol. The maximum atomic E-state index is 13.2. The molecule has 1 aliphatic heterocycles. The molecule has 40 heavy (non-hydrogen) atoms. The lowest BCUT2D eigenvalue weighted by atomic mass is 9.97. The molecule has 1 heterocycles. The van der Waals surface area contributed by atoms with E-state index in [1.807, 2.05) is 43.3 Å². The van der Waals surface area contributed by atoms with Gasteiger partial charge in [0.25, 0.3) is 5.91 Å². The molecule has 4 rings (SSSR count). The third-order valence-corrected chi connectivity index (χ3v) is 7.82. The van der Waals surface area contributed by atoms with E-state index < -0.39 is 16.0 Å². The van der Waals surface area contributed by atoms with Crippen LogP contribution in [0.3, 0.4) is 0 Å². The summed E-state index contributed by atoms with van der Waals surface area (Å²) in [5, 5.41) is 15.9. The number of anilines is 3. The van der Waals surface area contributed by atoms with Gasteiger partial charge < -0.3 is 20.6 Å². The Hall–Kier alpha value is -3.86. The van der Waals surface area contributed by atoms with Gasteiger partial charge in [0, 0.05) is 35.8 Å². The van der Waals surface area contributed by atoms with Gasteiger partial charge in [-0.05, 0) is 74.1 Å². The van der Waals surface area contributed by atoms with Crippen molar-refractivity contribution in [2.75, 3.05) is 48.4 Å². The van der Waals surface area contributed by atoms with Crippen LogP contribution < -0.4 is 14.9 Å². The number of fused-ring (bicyclic) bond motifs is 1. The smallest absolute Gasteiger partial charge is 0.303 e. The topological polar surface area (TPSA) is 119 Å². The number of nitrogens with zero attached hydrogens (tertiary/aromatic N) is 2. The molecule has 0 aliphatic carbocycles. The number of benzene rings is 3. The van der Waals surface area contributed by atoms with E-state index in [9.17, 15) is 18.0 Å². The monoisotopic (exact) mass is 582 g/mol. The number of likely N-dealkylation sites (N-methyl/N-ethyl adjacent to an activating group) is 1. The molecule has 0 bridgehead atoms. The molecule has 1 amide bonds. The third kappa shape index (κ3) is 7.01. The summed E-state index contributed by atoms with van der Waals surface area (Å²) in [6.07, 6.45) is 1.50. The van der Waals surface area contributed by atoms with E-state index >= 15 is 0 Å². The molecule has 0 saturated carbocycles. The van der Waals surface area contributed by atoms with Crippen LogP contribution in [-0.2, 0) is 26.0 Å². The van der Waals surface area contributed by atoms with Crippen LogP contribution in [-0.4, -0.2) is 63.7 Å². The molecule has 0 atom stereocenters. The van der Waals surface area contributed by atoms with E-state index in [1.165, 1.54) is 10.6 Å². The Morgan fingerprint density at radius 2 is 1.75 bits per heavy atom. The number of carbonyl (C=O) groups is 2. The summed E-state index contributed by atoms with van der Waals surface area (Å²) in [5.41, 5.74) is 4.88. The zero-order valence-corrected chi connectivity index (χ0v) is 24.0. The Morgan fingerprint density at radius 3 is 2.40 bits per heavy atom. The molecule has 3 aromatic carbocycles. The minimum Gasteiger partial charge on any atom is -0.481 e. The Morgan fingerprint density at radius 1 is 1.02 bits per heavy atom. The number of carboxylic acids is 1. The maximum absolute atomic E-state index is 13.2. The molecule has 3 aromatic rings. The average molecular weight is 583 g/mol. The fraction of sp³-hybridized carbons (Fsp3) is 0.241. The summed E-state index contributed by atoms with van der Waals surface area (Å²) in [7, 11) is 0.264. The number of amides is 1.